The third-order valence-corrected chi connectivity index (χ3v) is 3.21. The highest BCUT2D eigenvalue weighted by atomic mass is 19.1. The second kappa shape index (κ2) is 5.40. The van der Waals surface area contributed by atoms with Crippen LogP contribution in [0.2, 0.25) is 0 Å². The van der Waals surface area contributed by atoms with Gasteiger partial charge in [-0.15, -0.1) is 0 Å². The number of H-pyrrole nitrogens is 1. The lowest BCUT2D eigenvalue weighted by Gasteiger charge is -2.11. The second-order valence-electron chi connectivity index (χ2n) is 4.63. The number of halogens is 2. The summed E-state index contributed by atoms with van der Waals surface area (Å²) in [5.41, 5.74) is 5.28. The molecular weight excluding hydrogens is 288 g/mol. The molecule has 110 valence electrons. The number of hydrogen-bond donors (Lipinski definition) is 2. The van der Waals surface area contributed by atoms with Crippen molar-refractivity contribution in [3.05, 3.63) is 70.5 Å². The van der Waals surface area contributed by atoms with Crippen LogP contribution in [0.25, 0.3) is 22.5 Å². The Labute approximate surface area is 124 Å². The molecule has 0 saturated heterocycles. The molecule has 0 aliphatic heterocycles. The van der Waals surface area contributed by atoms with Gasteiger partial charge in [0.15, 0.2) is 5.82 Å². The van der Waals surface area contributed by atoms with Crippen molar-refractivity contribution in [1.82, 2.24) is 9.97 Å². The molecule has 0 fully saturated rings. The van der Waals surface area contributed by atoms with Gasteiger partial charge in [-0.3, -0.25) is 4.79 Å². The lowest BCUT2D eigenvalue weighted by molar-refractivity contribution is 0.628. The summed E-state index contributed by atoms with van der Waals surface area (Å²) in [7, 11) is 0. The molecule has 0 unspecified atom stereocenters. The first-order valence-corrected chi connectivity index (χ1v) is 6.47. The van der Waals surface area contributed by atoms with E-state index in [0.717, 1.165) is 0 Å². The predicted molar refractivity (Wildman–Crippen MR) is 80.1 cm³/mol. The Morgan fingerprint density at radius 1 is 0.909 bits per heavy atom. The molecule has 3 aromatic rings. The van der Waals surface area contributed by atoms with Crippen molar-refractivity contribution in [2.45, 2.75) is 0 Å². The second-order valence-corrected chi connectivity index (χ2v) is 4.63. The standard InChI is InChI=1S/C16H11F2N3O/c17-11-7-3-1-5-9(11)13-14(21-16(22)15(19)20-13)10-6-2-4-8-12(10)18/h1-8H,(H2,19,20)(H,21,22). The number of nitrogens with zero attached hydrogens (tertiary/aromatic N) is 1. The van der Waals surface area contributed by atoms with Crippen LogP contribution in [0.15, 0.2) is 53.3 Å². The molecule has 3 N–H and O–H groups in total. The number of rotatable bonds is 2. The van der Waals surface area contributed by atoms with Crippen LogP contribution in [0, 0.1) is 11.6 Å². The fraction of sp³-hybridized carbons (Fsp3) is 0. The molecule has 0 atom stereocenters. The van der Waals surface area contributed by atoms with Crippen LogP contribution in [-0.4, -0.2) is 9.97 Å². The van der Waals surface area contributed by atoms with Gasteiger partial charge in [-0.2, -0.15) is 0 Å². The van der Waals surface area contributed by atoms with E-state index < -0.39 is 17.2 Å². The van der Waals surface area contributed by atoms with Crippen LogP contribution < -0.4 is 11.3 Å². The van der Waals surface area contributed by atoms with Crippen molar-refractivity contribution in [2.24, 2.45) is 0 Å². The SMILES string of the molecule is Nc1nc(-c2ccccc2F)c(-c2ccccc2F)[nH]c1=O. The Morgan fingerprint density at radius 3 is 2.05 bits per heavy atom. The highest BCUT2D eigenvalue weighted by Crippen LogP contribution is 2.31. The monoisotopic (exact) mass is 299 g/mol. The third kappa shape index (κ3) is 2.35. The van der Waals surface area contributed by atoms with Gasteiger partial charge in [0.1, 0.15) is 17.3 Å². The minimum atomic E-state index is -0.654. The van der Waals surface area contributed by atoms with Crippen molar-refractivity contribution in [3.63, 3.8) is 0 Å². The molecule has 0 radical (unpaired) electrons. The number of nitrogens with two attached hydrogens (primary N) is 1. The molecule has 4 nitrogen and oxygen atoms in total. The molecule has 0 amide bonds. The lowest BCUT2D eigenvalue weighted by atomic mass is 10.0. The van der Waals surface area contributed by atoms with Gasteiger partial charge in [-0.1, -0.05) is 24.3 Å². The van der Waals surface area contributed by atoms with Gasteiger partial charge in [0.05, 0.1) is 5.69 Å². The number of aromatic amines is 1. The van der Waals surface area contributed by atoms with E-state index in [4.69, 9.17) is 5.73 Å². The molecular formula is C16H11F2N3O. The van der Waals surface area contributed by atoms with Crippen LogP contribution in [0.3, 0.4) is 0 Å². The quantitative estimate of drug-likeness (QED) is 0.764. The van der Waals surface area contributed by atoms with Crippen LogP contribution >= 0.6 is 0 Å². The fourth-order valence-corrected chi connectivity index (χ4v) is 2.17. The third-order valence-electron chi connectivity index (χ3n) is 3.21. The average Bonchev–Trinajstić information content (AvgIpc) is 2.51. The van der Waals surface area contributed by atoms with Gasteiger partial charge in [-0.25, -0.2) is 13.8 Å². The van der Waals surface area contributed by atoms with E-state index in [0.29, 0.717) is 0 Å². The van der Waals surface area contributed by atoms with E-state index in [2.05, 4.69) is 9.97 Å². The molecule has 6 heteroatoms. The number of anilines is 1. The highest BCUT2D eigenvalue weighted by molar-refractivity contribution is 5.79. The molecule has 0 bridgehead atoms. The van der Waals surface area contributed by atoms with Crippen molar-refractivity contribution < 1.29 is 8.78 Å². The number of nitrogen functional groups attached to an aromatic ring is 1. The maximum atomic E-state index is 14.0. The summed E-state index contributed by atoms with van der Waals surface area (Å²) < 4.78 is 28.1. The number of aromatic nitrogens is 2. The first kappa shape index (κ1) is 13.9. The molecule has 0 aliphatic carbocycles. The lowest BCUT2D eigenvalue weighted by Crippen LogP contribution is -2.16. The first-order chi connectivity index (χ1) is 10.6. The zero-order valence-corrected chi connectivity index (χ0v) is 11.3. The molecule has 3 rings (SSSR count). The van der Waals surface area contributed by atoms with Crippen molar-refractivity contribution in [1.29, 1.82) is 0 Å². The van der Waals surface area contributed by atoms with E-state index in [1.54, 1.807) is 12.1 Å². The van der Waals surface area contributed by atoms with Crippen molar-refractivity contribution in [3.8, 4) is 22.5 Å². The summed E-state index contributed by atoms with van der Waals surface area (Å²) >= 11 is 0. The summed E-state index contributed by atoms with van der Waals surface area (Å²) in [5, 5.41) is 0. The molecule has 2 aromatic carbocycles. The molecule has 1 heterocycles. The predicted octanol–water partition coefficient (Wildman–Crippen LogP) is 2.96. The van der Waals surface area contributed by atoms with Crippen molar-refractivity contribution in [2.75, 3.05) is 5.73 Å². The number of nitrogens with one attached hydrogen (secondary N) is 1. The summed E-state index contributed by atoms with van der Waals surface area (Å²) in [5.74, 6) is -1.40. The highest BCUT2D eigenvalue weighted by Gasteiger charge is 2.17. The topological polar surface area (TPSA) is 71.8 Å². The Kier molecular flexibility index (Phi) is 3.42. The van der Waals surface area contributed by atoms with Gasteiger partial charge >= 0.3 is 0 Å². The molecule has 1 aromatic heterocycles. The average molecular weight is 299 g/mol. The van der Waals surface area contributed by atoms with E-state index in [1.807, 2.05) is 0 Å². The Bertz CT molecular complexity index is 906. The largest absolute Gasteiger partial charge is 0.379 e. The summed E-state index contributed by atoms with van der Waals surface area (Å²) in [4.78, 5) is 18.2. The van der Waals surface area contributed by atoms with E-state index in [1.165, 1.54) is 36.4 Å². The van der Waals surface area contributed by atoms with Gasteiger partial charge in [0, 0.05) is 11.1 Å². The molecule has 22 heavy (non-hydrogen) atoms. The van der Waals surface area contributed by atoms with Crippen molar-refractivity contribution >= 4 is 5.82 Å². The van der Waals surface area contributed by atoms with Gasteiger partial charge in [-0.05, 0) is 24.3 Å². The summed E-state index contributed by atoms with van der Waals surface area (Å²) in [6, 6.07) is 11.7. The maximum absolute atomic E-state index is 14.0. The minimum absolute atomic E-state index is 0.0836. The molecule has 0 saturated carbocycles. The fourth-order valence-electron chi connectivity index (χ4n) is 2.17. The molecule has 0 spiro atoms. The summed E-state index contributed by atoms with van der Waals surface area (Å²) in [6.45, 7) is 0. The van der Waals surface area contributed by atoms with Crippen LogP contribution in [-0.2, 0) is 0 Å². The zero-order chi connectivity index (χ0) is 15.7. The summed E-state index contributed by atoms with van der Waals surface area (Å²) in [6.07, 6.45) is 0. The van der Waals surface area contributed by atoms with E-state index in [9.17, 15) is 13.6 Å². The Balaban J connectivity index is 2.36. The number of hydrogen-bond acceptors (Lipinski definition) is 3. The van der Waals surface area contributed by atoms with E-state index >= 15 is 0 Å². The van der Waals surface area contributed by atoms with Crippen LogP contribution in [0.4, 0.5) is 14.6 Å². The zero-order valence-electron chi connectivity index (χ0n) is 11.3. The van der Waals surface area contributed by atoms with E-state index in [-0.39, 0.29) is 28.3 Å². The first-order valence-electron chi connectivity index (χ1n) is 6.47. The Morgan fingerprint density at radius 2 is 1.45 bits per heavy atom. The number of benzene rings is 2. The van der Waals surface area contributed by atoms with Gasteiger partial charge < -0.3 is 10.7 Å². The van der Waals surface area contributed by atoms with Gasteiger partial charge in [0.2, 0.25) is 0 Å². The smallest absolute Gasteiger partial charge is 0.290 e. The van der Waals surface area contributed by atoms with Crippen LogP contribution in [0.5, 0.6) is 0 Å². The minimum Gasteiger partial charge on any atom is -0.379 e. The molecule has 0 aliphatic rings. The Hall–Kier alpha value is -3.02. The maximum Gasteiger partial charge on any atom is 0.290 e. The van der Waals surface area contributed by atoms with Crippen LogP contribution in [0.1, 0.15) is 0 Å². The van der Waals surface area contributed by atoms with Gasteiger partial charge in [0.25, 0.3) is 5.56 Å². The normalized spacial score (nSPS) is 10.6.